The molecule has 0 saturated carbocycles. The fourth-order valence-corrected chi connectivity index (χ4v) is 6.43. The second-order valence-corrected chi connectivity index (χ2v) is 14.4. The molecule has 3 aromatic carbocycles. The average Bonchev–Trinajstić information content (AvgIpc) is 3.39. The largest absolute Gasteiger partial charge is 0.395 e. The van der Waals surface area contributed by atoms with Crippen molar-refractivity contribution in [1.82, 2.24) is 9.80 Å². The van der Waals surface area contributed by atoms with Gasteiger partial charge in [0.2, 0.25) is 0 Å². The first-order valence-electron chi connectivity index (χ1n) is 16.2. The lowest BCUT2D eigenvalue weighted by Gasteiger charge is -2.17. The summed E-state index contributed by atoms with van der Waals surface area (Å²) < 4.78 is 66.1. The summed E-state index contributed by atoms with van der Waals surface area (Å²) in [5.41, 5.74) is -0.133. The Balaban J connectivity index is 0.000000414. The maximum absolute atomic E-state index is 13.0. The minimum Gasteiger partial charge on any atom is -0.395 e. The third-order valence-corrected chi connectivity index (χ3v) is 9.55. The molecule has 0 spiro atoms. The summed E-state index contributed by atoms with van der Waals surface area (Å²) in [5.74, 6) is -0.746. The smallest absolute Gasteiger partial charge is 0.297 e. The number of hydrogen-bond acceptors (Lipinski definition) is 16. The van der Waals surface area contributed by atoms with E-state index in [4.69, 9.17) is 42.2 Å². The number of fused-ring (bicyclic) bond motifs is 1. The molecule has 0 bridgehead atoms. The predicted molar refractivity (Wildman–Crippen MR) is 199 cm³/mol. The molecule has 1 unspecified atom stereocenters. The first-order valence-corrected chi connectivity index (χ1v) is 19.5. The van der Waals surface area contributed by atoms with Crippen molar-refractivity contribution in [3.05, 3.63) is 59.6 Å². The molecule has 0 fully saturated rings. The van der Waals surface area contributed by atoms with Crippen LogP contribution in [0, 0.1) is 0 Å². The molecule has 0 radical (unpaired) electrons. The summed E-state index contributed by atoms with van der Waals surface area (Å²) in [6.07, 6.45) is 0. The van der Waals surface area contributed by atoms with E-state index in [1.54, 1.807) is 34.1 Å². The third-order valence-electron chi connectivity index (χ3n) is 7.43. The number of hydrazone groups is 1. The summed E-state index contributed by atoms with van der Waals surface area (Å²) in [5, 5.41) is 64.4. The van der Waals surface area contributed by atoms with Crippen LogP contribution in [0.4, 0.5) is 11.4 Å². The number of nitrogens with zero attached hydrogens (tertiary/aromatic N) is 6. The van der Waals surface area contributed by atoms with E-state index in [9.17, 15) is 30.7 Å². The molecule has 0 aliphatic carbocycles. The van der Waals surface area contributed by atoms with E-state index in [2.05, 4.69) is 15.3 Å². The van der Waals surface area contributed by atoms with Crippen LogP contribution in [0.2, 0.25) is 5.02 Å². The lowest BCUT2D eigenvalue weighted by Crippen LogP contribution is -2.32. The number of benzene rings is 3. The molecule has 8 N–H and O–H groups in total. The van der Waals surface area contributed by atoms with Crippen molar-refractivity contribution in [2.24, 2.45) is 15.3 Å². The Morgan fingerprint density at radius 3 is 1.70 bits per heavy atom. The Morgan fingerprint density at radius 1 is 0.741 bits per heavy atom. The van der Waals surface area contributed by atoms with Gasteiger partial charge in [-0.2, -0.15) is 37.2 Å². The van der Waals surface area contributed by atoms with Crippen LogP contribution >= 0.6 is 11.6 Å². The zero-order valence-electron chi connectivity index (χ0n) is 29.3. The van der Waals surface area contributed by atoms with E-state index >= 15 is 0 Å². The predicted octanol–water partition coefficient (Wildman–Crippen LogP) is 0.392. The highest BCUT2D eigenvalue weighted by Gasteiger charge is 2.36. The normalized spacial score (nSPS) is 14.7. The van der Waals surface area contributed by atoms with E-state index in [1.165, 1.54) is 25.1 Å². The number of hydrogen-bond donors (Lipinski definition) is 8. The number of aliphatic hydroxyl groups excluding tert-OH is 6. The number of aliphatic hydroxyl groups is 6. The minimum atomic E-state index is -4.69. The lowest BCUT2D eigenvalue weighted by atomic mass is 10.1. The van der Waals surface area contributed by atoms with Gasteiger partial charge in [0.1, 0.15) is 10.6 Å². The standard InChI is InChI=1S/C20H15ClN4O7S2.2C6H15NO3/c1-11-18(20(26)25(24-11)17-10-13(33(27,28)29)7-8-15(17)21)23-22-16-9-6-12-4-2-3-5-14(12)19(16)34(30,31)32;2*8-4-1-7(2-5-9)3-6-10/h2-10,18H,1H3,(H,27,28,29)(H,30,31,32);2*8-10H,1-6H2. The van der Waals surface area contributed by atoms with Gasteiger partial charge < -0.3 is 30.6 Å². The van der Waals surface area contributed by atoms with Gasteiger partial charge in [0.15, 0.2) is 6.04 Å². The van der Waals surface area contributed by atoms with Crippen molar-refractivity contribution in [3.8, 4) is 0 Å². The van der Waals surface area contributed by atoms with Crippen LogP contribution in [-0.2, 0) is 25.0 Å². The Labute approximate surface area is 317 Å². The maximum Gasteiger partial charge on any atom is 0.297 e. The molecule has 3 aromatic rings. The van der Waals surface area contributed by atoms with Gasteiger partial charge in [0.25, 0.3) is 26.1 Å². The van der Waals surface area contributed by atoms with Crippen LogP contribution in [0.25, 0.3) is 10.8 Å². The summed E-state index contributed by atoms with van der Waals surface area (Å²) in [6.45, 7) is 4.97. The van der Waals surface area contributed by atoms with Gasteiger partial charge in [0.05, 0.1) is 61.0 Å². The second kappa shape index (κ2) is 22.7. The molecular formula is C32H45ClN6O13S2. The van der Waals surface area contributed by atoms with Crippen LogP contribution in [0.15, 0.2) is 79.7 Å². The van der Waals surface area contributed by atoms with Crippen molar-refractivity contribution < 1.29 is 61.4 Å². The molecular weight excluding hydrogens is 776 g/mol. The highest BCUT2D eigenvalue weighted by atomic mass is 35.5. The van der Waals surface area contributed by atoms with Crippen molar-refractivity contribution >= 4 is 65.6 Å². The summed E-state index contributed by atoms with van der Waals surface area (Å²) in [6, 6.07) is 11.3. The van der Waals surface area contributed by atoms with E-state index in [1.807, 2.05) is 0 Å². The molecule has 0 aromatic heterocycles. The number of halogens is 1. The van der Waals surface area contributed by atoms with Crippen molar-refractivity contribution in [2.75, 3.05) is 83.9 Å². The van der Waals surface area contributed by atoms with Crippen LogP contribution < -0.4 is 5.01 Å². The molecule has 4 rings (SSSR count). The average molecular weight is 821 g/mol. The number of rotatable bonds is 17. The van der Waals surface area contributed by atoms with E-state index < -0.39 is 42.0 Å². The van der Waals surface area contributed by atoms with Gasteiger partial charge in [-0.05, 0) is 36.6 Å². The maximum atomic E-state index is 13.0. The molecule has 1 amide bonds. The molecule has 54 heavy (non-hydrogen) atoms. The van der Waals surface area contributed by atoms with Gasteiger partial charge in [-0.25, -0.2) is 0 Å². The molecule has 300 valence electrons. The second-order valence-electron chi connectivity index (χ2n) is 11.2. The Hall–Kier alpha value is -3.55. The van der Waals surface area contributed by atoms with E-state index in [-0.39, 0.29) is 67.1 Å². The fraction of sp³-hybridized carbons (Fsp3) is 0.438. The van der Waals surface area contributed by atoms with Gasteiger partial charge in [0, 0.05) is 44.7 Å². The van der Waals surface area contributed by atoms with Gasteiger partial charge in [-0.3, -0.25) is 23.7 Å². The Morgan fingerprint density at radius 2 is 1.24 bits per heavy atom. The number of anilines is 1. The highest BCUT2D eigenvalue weighted by Crippen LogP contribution is 2.35. The summed E-state index contributed by atoms with van der Waals surface area (Å²) in [4.78, 5) is 15.6. The number of amides is 1. The van der Waals surface area contributed by atoms with Crippen LogP contribution in [0.3, 0.4) is 0 Å². The van der Waals surface area contributed by atoms with Gasteiger partial charge >= 0.3 is 0 Å². The van der Waals surface area contributed by atoms with E-state index in [0.29, 0.717) is 44.7 Å². The van der Waals surface area contributed by atoms with Gasteiger partial charge in [-0.15, -0.1) is 0 Å². The van der Waals surface area contributed by atoms with Crippen LogP contribution in [-0.4, -0.2) is 163 Å². The molecule has 22 heteroatoms. The number of azo groups is 1. The topological polar surface area (TPSA) is 294 Å². The molecule has 1 atom stereocenters. The molecule has 0 saturated heterocycles. The molecule has 1 heterocycles. The summed E-state index contributed by atoms with van der Waals surface area (Å²) >= 11 is 6.10. The lowest BCUT2D eigenvalue weighted by molar-refractivity contribution is -0.117. The highest BCUT2D eigenvalue weighted by molar-refractivity contribution is 7.86. The van der Waals surface area contributed by atoms with Crippen LogP contribution in [0.1, 0.15) is 6.92 Å². The Kier molecular flexibility index (Phi) is 19.6. The number of carbonyl (C=O) groups is 1. The first-order chi connectivity index (χ1) is 25.6. The molecule has 1 aliphatic rings. The van der Waals surface area contributed by atoms with Crippen molar-refractivity contribution in [3.63, 3.8) is 0 Å². The van der Waals surface area contributed by atoms with Crippen molar-refractivity contribution in [1.29, 1.82) is 0 Å². The summed E-state index contributed by atoms with van der Waals surface area (Å²) in [7, 11) is -9.26. The molecule has 19 nitrogen and oxygen atoms in total. The minimum absolute atomic E-state index is 0.0157. The SMILES string of the molecule is CC1=NN(c2cc(S(=O)(=O)O)ccc2Cl)C(=O)C1N=Nc1ccc2ccccc2c1S(=O)(=O)O.OCCN(CCO)CCO.OCCN(CCO)CCO. The molecule has 1 aliphatic heterocycles. The first kappa shape index (κ1) is 46.6. The zero-order chi connectivity index (χ0) is 40.5. The van der Waals surface area contributed by atoms with Crippen molar-refractivity contribution in [2.45, 2.75) is 22.8 Å². The number of carbonyl (C=O) groups excluding carboxylic acids is 1. The van der Waals surface area contributed by atoms with Gasteiger partial charge in [-0.1, -0.05) is 41.9 Å². The fourth-order valence-electron chi connectivity index (χ4n) is 4.90. The quantitative estimate of drug-likeness (QED) is 0.0675. The third kappa shape index (κ3) is 13.9. The zero-order valence-corrected chi connectivity index (χ0v) is 31.6. The van der Waals surface area contributed by atoms with Crippen LogP contribution in [0.5, 0.6) is 0 Å². The Bertz CT molecular complexity index is 1910. The monoisotopic (exact) mass is 820 g/mol. The van der Waals surface area contributed by atoms with E-state index in [0.717, 1.165) is 17.1 Å².